The first kappa shape index (κ1) is 15.7. The first-order valence-electron chi connectivity index (χ1n) is 7.72. The molecule has 0 fully saturated rings. The summed E-state index contributed by atoms with van der Waals surface area (Å²) in [6.07, 6.45) is 3.67. The second-order valence-corrected chi connectivity index (χ2v) is 5.43. The maximum Gasteiger partial charge on any atom is 0.230 e. The molecule has 0 atom stereocenters. The Labute approximate surface area is 127 Å². The van der Waals surface area contributed by atoms with Crippen LogP contribution in [-0.2, 0) is 11.2 Å². The third-order valence-corrected chi connectivity index (χ3v) is 4.31. The lowest BCUT2D eigenvalue weighted by molar-refractivity contribution is -0.122. The van der Waals surface area contributed by atoms with Crippen molar-refractivity contribution >= 4 is 11.6 Å². The molecule has 1 amide bonds. The fraction of sp³-hybridized carbons (Fsp3) is 0.588. The molecular formula is C17H25NO3. The Morgan fingerprint density at radius 2 is 1.95 bits per heavy atom. The number of carbonyl (C=O) groups excluding carboxylic acids is 1. The summed E-state index contributed by atoms with van der Waals surface area (Å²) in [6, 6.07) is 3.85. The highest BCUT2D eigenvalue weighted by Crippen LogP contribution is 2.39. The highest BCUT2D eigenvalue weighted by Gasteiger charge is 2.29. The van der Waals surface area contributed by atoms with Gasteiger partial charge in [-0.1, -0.05) is 13.8 Å². The van der Waals surface area contributed by atoms with Crippen molar-refractivity contribution < 1.29 is 14.3 Å². The van der Waals surface area contributed by atoms with E-state index >= 15 is 0 Å². The van der Waals surface area contributed by atoms with E-state index in [1.54, 1.807) is 14.2 Å². The SMILES string of the molecule is CCC(CC)C(=O)N1CCCc2c(OC)cc(OC)cc21. The number of nitrogens with zero attached hydrogens (tertiary/aromatic N) is 1. The van der Waals surface area contributed by atoms with Crippen LogP contribution in [0.3, 0.4) is 0 Å². The summed E-state index contributed by atoms with van der Waals surface area (Å²) in [4.78, 5) is 14.7. The number of methoxy groups -OCH3 is 2. The van der Waals surface area contributed by atoms with Gasteiger partial charge in [-0.25, -0.2) is 0 Å². The highest BCUT2D eigenvalue weighted by molar-refractivity contribution is 5.96. The van der Waals surface area contributed by atoms with E-state index in [-0.39, 0.29) is 11.8 Å². The summed E-state index contributed by atoms with van der Waals surface area (Å²) in [7, 11) is 3.30. The Morgan fingerprint density at radius 3 is 2.52 bits per heavy atom. The molecule has 0 N–H and O–H groups in total. The van der Waals surface area contributed by atoms with E-state index in [0.29, 0.717) is 0 Å². The van der Waals surface area contributed by atoms with Gasteiger partial charge in [0.05, 0.1) is 19.9 Å². The Hall–Kier alpha value is -1.71. The zero-order valence-corrected chi connectivity index (χ0v) is 13.4. The lowest BCUT2D eigenvalue weighted by atomic mass is 9.96. The lowest BCUT2D eigenvalue weighted by Crippen LogP contribution is -2.39. The Bertz CT molecular complexity index is 509. The zero-order valence-electron chi connectivity index (χ0n) is 13.4. The van der Waals surface area contributed by atoms with Gasteiger partial charge >= 0.3 is 0 Å². The Balaban J connectivity index is 2.44. The monoisotopic (exact) mass is 291 g/mol. The molecule has 0 aliphatic carbocycles. The summed E-state index contributed by atoms with van der Waals surface area (Å²) in [5, 5.41) is 0. The van der Waals surface area contributed by atoms with Gasteiger partial charge in [0.25, 0.3) is 0 Å². The van der Waals surface area contributed by atoms with Crippen molar-refractivity contribution in [2.75, 3.05) is 25.7 Å². The van der Waals surface area contributed by atoms with Crippen LogP contribution in [-0.4, -0.2) is 26.7 Å². The first-order valence-corrected chi connectivity index (χ1v) is 7.72. The maximum atomic E-state index is 12.8. The van der Waals surface area contributed by atoms with Gasteiger partial charge in [0, 0.05) is 30.2 Å². The molecule has 0 bridgehead atoms. The van der Waals surface area contributed by atoms with E-state index in [1.807, 2.05) is 17.0 Å². The van der Waals surface area contributed by atoms with Crippen LogP contribution < -0.4 is 14.4 Å². The summed E-state index contributed by atoms with van der Waals surface area (Å²) in [5.41, 5.74) is 2.07. The van der Waals surface area contributed by atoms with Gasteiger partial charge in [0.1, 0.15) is 11.5 Å². The molecule has 4 heteroatoms. The number of rotatable bonds is 5. The van der Waals surface area contributed by atoms with Crippen LogP contribution >= 0.6 is 0 Å². The molecule has 1 aromatic rings. The maximum absolute atomic E-state index is 12.8. The molecule has 21 heavy (non-hydrogen) atoms. The average molecular weight is 291 g/mol. The minimum absolute atomic E-state index is 0.0909. The molecule has 4 nitrogen and oxygen atoms in total. The standard InChI is InChI=1S/C17H25NO3/c1-5-12(6-2)17(19)18-9-7-8-14-15(18)10-13(20-3)11-16(14)21-4/h10-12H,5-9H2,1-4H3. The van der Waals surface area contributed by atoms with Crippen molar-refractivity contribution in [3.63, 3.8) is 0 Å². The van der Waals surface area contributed by atoms with E-state index in [4.69, 9.17) is 9.47 Å². The molecule has 1 aromatic carbocycles. The molecule has 116 valence electrons. The molecule has 1 aliphatic rings. The number of anilines is 1. The van der Waals surface area contributed by atoms with Gasteiger partial charge in [-0.2, -0.15) is 0 Å². The molecule has 0 unspecified atom stereocenters. The van der Waals surface area contributed by atoms with Gasteiger partial charge in [-0.3, -0.25) is 4.79 Å². The Kier molecular flexibility index (Phi) is 5.10. The van der Waals surface area contributed by atoms with Crippen LogP contribution in [0.15, 0.2) is 12.1 Å². The van der Waals surface area contributed by atoms with Crippen molar-refractivity contribution in [3.05, 3.63) is 17.7 Å². The fourth-order valence-electron chi connectivity index (χ4n) is 3.02. The molecule has 2 rings (SSSR count). The molecule has 0 saturated heterocycles. The first-order chi connectivity index (χ1) is 10.2. The van der Waals surface area contributed by atoms with Gasteiger partial charge in [-0.15, -0.1) is 0 Å². The number of benzene rings is 1. The molecule has 1 heterocycles. The summed E-state index contributed by atoms with van der Waals surface area (Å²) < 4.78 is 10.8. The van der Waals surface area contributed by atoms with Crippen LogP contribution in [0, 0.1) is 5.92 Å². The molecule has 1 aliphatic heterocycles. The van der Waals surface area contributed by atoms with Crippen molar-refractivity contribution in [3.8, 4) is 11.5 Å². The fourth-order valence-corrected chi connectivity index (χ4v) is 3.02. The van der Waals surface area contributed by atoms with Gasteiger partial charge in [0.15, 0.2) is 0 Å². The van der Waals surface area contributed by atoms with Gasteiger partial charge in [0.2, 0.25) is 5.91 Å². The highest BCUT2D eigenvalue weighted by atomic mass is 16.5. The topological polar surface area (TPSA) is 38.8 Å². The zero-order chi connectivity index (χ0) is 15.4. The van der Waals surface area contributed by atoms with E-state index < -0.39 is 0 Å². The van der Waals surface area contributed by atoms with Crippen molar-refractivity contribution in [1.29, 1.82) is 0 Å². The van der Waals surface area contributed by atoms with Gasteiger partial charge < -0.3 is 14.4 Å². The van der Waals surface area contributed by atoms with E-state index in [9.17, 15) is 4.79 Å². The van der Waals surface area contributed by atoms with Crippen LogP contribution in [0.1, 0.15) is 38.7 Å². The molecule has 0 aromatic heterocycles. The quantitative estimate of drug-likeness (QED) is 0.834. The summed E-state index contributed by atoms with van der Waals surface area (Å²) >= 11 is 0. The van der Waals surface area contributed by atoms with Crippen LogP contribution in [0.2, 0.25) is 0 Å². The van der Waals surface area contributed by atoms with Crippen LogP contribution in [0.4, 0.5) is 5.69 Å². The van der Waals surface area contributed by atoms with Crippen molar-refractivity contribution in [2.45, 2.75) is 39.5 Å². The second-order valence-electron chi connectivity index (χ2n) is 5.43. The van der Waals surface area contributed by atoms with Crippen molar-refractivity contribution in [2.24, 2.45) is 5.92 Å². The third kappa shape index (κ3) is 2.99. The van der Waals surface area contributed by atoms with Crippen LogP contribution in [0.5, 0.6) is 11.5 Å². The average Bonchev–Trinajstić information content (AvgIpc) is 2.54. The second kappa shape index (κ2) is 6.83. The number of hydrogen-bond donors (Lipinski definition) is 0. The lowest BCUT2D eigenvalue weighted by Gasteiger charge is -2.33. The number of carbonyl (C=O) groups is 1. The predicted octanol–water partition coefficient (Wildman–Crippen LogP) is 3.42. The number of hydrogen-bond acceptors (Lipinski definition) is 3. The third-order valence-electron chi connectivity index (χ3n) is 4.31. The van der Waals surface area contributed by atoms with Crippen LogP contribution in [0.25, 0.3) is 0 Å². The molecule has 0 radical (unpaired) electrons. The number of fused-ring (bicyclic) bond motifs is 1. The minimum Gasteiger partial charge on any atom is -0.497 e. The molecule has 0 spiro atoms. The molecule has 0 saturated carbocycles. The summed E-state index contributed by atoms with van der Waals surface area (Å²) in [6.45, 7) is 4.92. The number of ether oxygens (including phenoxy) is 2. The number of amides is 1. The normalized spacial score (nSPS) is 14.0. The van der Waals surface area contributed by atoms with E-state index in [2.05, 4.69) is 13.8 Å². The molecular weight excluding hydrogens is 266 g/mol. The summed E-state index contributed by atoms with van der Waals surface area (Å²) in [5.74, 6) is 1.85. The largest absolute Gasteiger partial charge is 0.497 e. The Morgan fingerprint density at radius 1 is 1.24 bits per heavy atom. The minimum atomic E-state index is 0.0909. The van der Waals surface area contributed by atoms with E-state index in [0.717, 1.165) is 55.0 Å². The van der Waals surface area contributed by atoms with E-state index in [1.165, 1.54) is 0 Å². The van der Waals surface area contributed by atoms with Gasteiger partial charge in [-0.05, 0) is 25.7 Å². The smallest absolute Gasteiger partial charge is 0.230 e. The predicted molar refractivity (Wildman–Crippen MR) is 84.3 cm³/mol. The van der Waals surface area contributed by atoms with Crippen molar-refractivity contribution in [1.82, 2.24) is 0 Å².